The first kappa shape index (κ1) is 5.69. The molecule has 0 spiro atoms. The lowest BCUT2D eigenvalue weighted by Crippen LogP contribution is -2.18. The van der Waals surface area contributed by atoms with Crippen LogP contribution in [0.5, 0.6) is 0 Å². The van der Waals surface area contributed by atoms with E-state index in [0.29, 0.717) is 4.91 Å². The number of carbonyl (C=O) groups excluding carboxylic acids is 1. The SMILES string of the molecule is C=C1SCN(C)C1=O. The standard InChI is InChI=1S/C5H7NOS/c1-4-5(7)6(2)3-8-4/h1,3H2,2H3. The summed E-state index contributed by atoms with van der Waals surface area (Å²) in [7, 11) is 1.77. The summed E-state index contributed by atoms with van der Waals surface area (Å²) in [5.41, 5.74) is 0. The Morgan fingerprint density at radius 1 is 1.88 bits per heavy atom. The molecule has 0 aromatic rings. The maximum atomic E-state index is 10.7. The van der Waals surface area contributed by atoms with Gasteiger partial charge in [0.1, 0.15) is 0 Å². The summed E-state index contributed by atoms with van der Waals surface area (Å²) >= 11 is 1.50. The van der Waals surface area contributed by atoms with Crippen LogP contribution in [0, 0.1) is 0 Å². The molecule has 1 amide bonds. The van der Waals surface area contributed by atoms with Crippen molar-refractivity contribution < 1.29 is 4.79 Å². The third-order valence-corrected chi connectivity index (χ3v) is 2.06. The van der Waals surface area contributed by atoms with Crippen molar-refractivity contribution in [3.63, 3.8) is 0 Å². The summed E-state index contributed by atoms with van der Waals surface area (Å²) in [4.78, 5) is 13.0. The van der Waals surface area contributed by atoms with Gasteiger partial charge in [-0.2, -0.15) is 0 Å². The normalized spacial score (nSPS) is 20.4. The third kappa shape index (κ3) is 0.733. The molecule has 0 unspecified atom stereocenters. The maximum Gasteiger partial charge on any atom is 0.260 e. The molecule has 0 aromatic heterocycles. The Hall–Kier alpha value is -0.440. The molecule has 2 nitrogen and oxygen atoms in total. The van der Waals surface area contributed by atoms with Crippen LogP contribution in [0.1, 0.15) is 0 Å². The zero-order chi connectivity index (χ0) is 6.15. The van der Waals surface area contributed by atoms with Gasteiger partial charge in [0.05, 0.1) is 10.8 Å². The van der Waals surface area contributed by atoms with Gasteiger partial charge in [-0.15, -0.1) is 0 Å². The van der Waals surface area contributed by atoms with Crippen molar-refractivity contribution in [2.45, 2.75) is 0 Å². The van der Waals surface area contributed by atoms with E-state index in [1.165, 1.54) is 11.8 Å². The van der Waals surface area contributed by atoms with Gasteiger partial charge in [-0.3, -0.25) is 4.79 Å². The van der Waals surface area contributed by atoms with Crippen LogP contribution in [0.2, 0.25) is 0 Å². The number of likely N-dealkylation sites (N-methyl/N-ethyl adjacent to an activating group) is 1. The quantitative estimate of drug-likeness (QED) is 0.448. The van der Waals surface area contributed by atoms with Crippen LogP contribution in [0.4, 0.5) is 0 Å². The topological polar surface area (TPSA) is 20.3 Å². The Kier molecular flexibility index (Phi) is 1.29. The Balaban J connectivity index is 2.71. The van der Waals surface area contributed by atoms with Gasteiger partial charge < -0.3 is 4.90 Å². The van der Waals surface area contributed by atoms with Crippen LogP contribution in [-0.4, -0.2) is 23.7 Å². The highest BCUT2D eigenvalue weighted by atomic mass is 32.2. The van der Waals surface area contributed by atoms with Crippen LogP contribution in [-0.2, 0) is 4.79 Å². The summed E-state index contributed by atoms with van der Waals surface area (Å²) in [5, 5.41) is 0. The Morgan fingerprint density at radius 2 is 2.50 bits per heavy atom. The van der Waals surface area contributed by atoms with Gasteiger partial charge in [0.25, 0.3) is 5.91 Å². The van der Waals surface area contributed by atoms with E-state index in [0.717, 1.165) is 5.88 Å². The number of amides is 1. The zero-order valence-corrected chi connectivity index (χ0v) is 5.49. The molecule has 0 bridgehead atoms. The predicted molar refractivity (Wildman–Crippen MR) is 34.4 cm³/mol. The molecule has 1 aliphatic heterocycles. The molecule has 44 valence electrons. The molecule has 0 radical (unpaired) electrons. The van der Waals surface area contributed by atoms with Crippen LogP contribution in [0.3, 0.4) is 0 Å². The first-order chi connectivity index (χ1) is 3.72. The average Bonchev–Trinajstić information content (AvgIpc) is 1.98. The summed E-state index contributed by atoms with van der Waals surface area (Å²) in [6.07, 6.45) is 0. The number of rotatable bonds is 0. The van der Waals surface area contributed by atoms with Crippen molar-refractivity contribution in [1.29, 1.82) is 0 Å². The van der Waals surface area contributed by atoms with Gasteiger partial charge in [0.15, 0.2) is 0 Å². The fourth-order valence-electron chi connectivity index (χ4n) is 0.508. The zero-order valence-electron chi connectivity index (χ0n) is 4.68. The predicted octanol–water partition coefficient (Wildman–Crippen LogP) is 0.663. The molecule has 0 atom stereocenters. The third-order valence-electron chi connectivity index (χ3n) is 1.02. The smallest absolute Gasteiger partial charge is 0.260 e. The molecule has 1 heterocycles. The first-order valence-corrected chi connectivity index (χ1v) is 3.27. The van der Waals surface area contributed by atoms with E-state index in [2.05, 4.69) is 6.58 Å². The molecular weight excluding hydrogens is 122 g/mol. The van der Waals surface area contributed by atoms with Crippen LogP contribution >= 0.6 is 11.8 Å². The Bertz CT molecular complexity index is 143. The minimum atomic E-state index is 0.0648. The van der Waals surface area contributed by atoms with Gasteiger partial charge in [-0.25, -0.2) is 0 Å². The van der Waals surface area contributed by atoms with Gasteiger partial charge in [-0.1, -0.05) is 18.3 Å². The number of carbonyl (C=O) groups is 1. The molecule has 8 heavy (non-hydrogen) atoms. The summed E-state index contributed by atoms with van der Waals surface area (Å²) < 4.78 is 0. The van der Waals surface area contributed by atoms with Gasteiger partial charge >= 0.3 is 0 Å². The number of thioether (sulfide) groups is 1. The highest BCUT2D eigenvalue weighted by Gasteiger charge is 2.20. The lowest BCUT2D eigenvalue weighted by molar-refractivity contribution is -0.123. The van der Waals surface area contributed by atoms with Crippen LogP contribution in [0.15, 0.2) is 11.5 Å². The molecular formula is C5H7NOS. The first-order valence-electron chi connectivity index (χ1n) is 2.29. The minimum Gasteiger partial charge on any atom is -0.332 e. The number of nitrogens with zero attached hydrogens (tertiary/aromatic N) is 1. The lowest BCUT2D eigenvalue weighted by Gasteiger charge is -2.01. The van der Waals surface area contributed by atoms with E-state index < -0.39 is 0 Å². The van der Waals surface area contributed by atoms with E-state index in [1.54, 1.807) is 11.9 Å². The fraction of sp³-hybridized carbons (Fsp3) is 0.400. The van der Waals surface area contributed by atoms with E-state index in [4.69, 9.17) is 0 Å². The average molecular weight is 129 g/mol. The van der Waals surface area contributed by atoms with Crippen molar-refractivity contribution in [2.24, 2.45) is 0 Å². The van der Waals surface area contributed by atoms with Gasteiger partial charge in [0.2, 0.25) is 0 Å². The summed E-state index contributed by atoms with van der Waals surface area (Å²) in [6.45, 7) is 3.56. The lowest BCUT2D eigenvalue weighted by atomic mass is 10.5. The van der Waals surface area contributed by atoms with Crippen molar-refractivity contribution in [3.8, 4) is 0 Å². The second-order valence-corrected chi connectivity index (χ2v) is 2.74. The summed E-state index contributed by atoms with van der Waals surface area (Å²) in [6, 6.07) is 0. The molecule has 0 N–H and O–H groups in total. The number of hydrogen-bond acceptors (Lipinski definition) is 2. The monoisotopic (exact) mass is 129 g/mol. The second kappa shape index (κ2) is 1.82. The van der Waals surface area contributed by atoms with Crippen LogP contribution in [0.25, 0.3) is 0 Å². The maximum absolute atomic E-state index is 10.7. The van der Waals surface area contributed by atoms with Crippen molar-refractivity contribution in [1.82, 2.24) is 4.90 Å². The minimum absolute atomic E-state index is 0.0648. The highest BCUT2D eigenvalue weighted by Crippen LogP contribution is 2.23. The molecule has 1 rings (SSSR count). The molecule has 1 fully saturated rings. The largest absolute Gasteiger partial charge is 0.332 e. The Morgan fingerprint density at radius 3 is 2.62 bits per heavy atom. The van der Waals surface area contributed by atoms with Crippen molar-refractivity contribution in [3.05, 3.63) is 11.5 Å². The van der Waals surface area contributed by atoms with E-state index in [1.807, 2.05) is 0 Å². The molecule has 0 saturated carbocycles. The van der Waals surface area contributed by atoms with Gasteiger partial charge in [-0.05, 0) is 0 Å². The van der Waals surface area contributed by atoms with Crippen molar-refractivity contribution in [2.75, 3.05) is 12.9 Å². The highest BCUT2D eigenvalue weighted by molar-refractivity contribution is 8.04. The van der Waals surface area contributed by atoms with Crippen LogP contribution < -0.4 is 0 Å². The fourth-order valence-corrected chi connectivity index (χ4v) is 1.25. The van der Waals surface area contributed by atoms with E-state index in [9.17, 15) is 4.79 Å². The van der Waals surface area contributed by atoms with Crippen molar-refractivity contribution >= 4 is 17.7 Å². The Labute approximate surface area is 52.5 Å². The van der Waals surface area contributed by atoms with Gasteiger partial charge in [0, 0.05) is 7.05 Å². The molecule has 0 aliphatic carbocycles. The molecule has 0 aromatic carbocycles. The number of hydrogen-bond donors (Lipinski definition) is 0. The molecule has 1 saturated heterocycles. The van der Waals surface area contributed by atoms with E-state index >= 15 is 0 Å². The van der Waals surface area contributed by atoms with E-state index in [-0.39, 0.29) is 5.91 Å². The molecule has 3 heteroatoms. The summed E-state index contributed by atoms with van der Waals surface area (Å²) in [5.74, 6) is 0.826. The second-order valence-electron chi connectivity index (χ2n) is 1.70. The molecule has 1 aliphatic rings.